The molecule has 8 heteroatoms. The highest BCUT2D eigenvalue weighted by Gasteiger charge is 2.23. The van der Waals surface area contributed by atoms with Gasteiger partial charge in [0.2, 0.25) is 0 Å². The molecular formula is C23H18FN5OS. The van der Waals surface area contributed by atoms with E-state index in [0.717, 1.165) is 15.2 Å². The van der Waals surface area contributed by atoms with Crippen molar-refractivity contribution < 1.29 is 9.18 Å². The molecule has 0 fully saturated rings. The zero-order valence-corrected chi connectivity index (χ0v) is 17.5. The van der Waals surface area contributed by atoms with Crippen molar-refractivity contribution >= 4 is 27.5 Å². The minimum atomic E-state index is -0.328. The highest BCUT2D eigenvalue weighted by atomic mass is 32.1. The van der Waals surface area contributed by atoms with E-state index in [1.54, 1.807) is 46.3 Å². The molecule has 0 aliphatic heterocycles. The maximum atomic E-state index is 13.4. The molecule has 0 saturated carbocycles. The molecule has 5 rings (SSSR count). The van der Waals surface area contributed by atoms with E-state index in [4.69, 9.17) is 0 Å². The zero-order valence-electron chi connectivity index (χ0n) is 16.6. The lowest BCUT2D eigenvalue weighted by Gasteiger charge is -2.17. The van der Waals surface area contributed by atoms with E-state index in [9.17, 15) is 9.18 Å². The van der Waals surface area contributed by atoms with Gasteiger partial charge in [-0.1, -0.05) is 12.1 Å². The standard InChI is InChI=1S/C23H18FN5OS/c1-27(15-21-26-19-6-2-3-7-20(19)31-21)23(30)18-14-25-29(17-10-8-16(24)9-11-17)22(18)28-12-4-5-13-28/h2-14H,15H2,1H3. The van der Waals surface area contributed by atoms with Crippen molar-refractivity contribution in [1.29, 1.82) is 0 Å². The summed E-state index contributed by atoms with van der Waals surface area (Å²) in [7, 11) is 1.75. The summed E-state index contributed by atoms with van der Waals surface area (Å²) in [5, 5.41) is 5.30. The van der Waals surface area contributed by atoms with Crippen molar-refractivity contribution in [3.63, 3.8) is 0 Å². The molecular weight excluding hydrogens is 413 g/mol. The average Bonchev–Trinajstić information content (AvgIpc) is 3.52. The summed E-state index contributed by atoms with van der Waals surface area (Å²) >= 11 is 1.58. The number of hydrogen-bond donors (Lipinski definition) is 0. The molecule has 3 heterocycles. The smallest absolute Gasteiger partial charge is 0.259 e. The van der Waals surface area contributed by atoms with Crippen molar-refractivity contribution in [3.8, 4) is 11.5 Å². The number of rotatable bonds is 5. The second-order valence-electron chi connectivity index (χ2n) is 7.10. The van der Waals surface area contributed by atoms with Crippen molar-refractivity contribution in [2.45, 2.75) is 6.54 Å². The molecule has 0 bridgehead atoms. The fourth-order valence-electron chi connectivity index (χ4n) is 3.46. The number of aromatic nitrogens is 4. The van der Waals surface area contributed by atoms with Crippen LogP contribution in [0.25, 0.3) is 21.7 Å². The van der Waals surface area contributed by atoms with Crippen LogP contribution in [0.4, 0.5) is 4.39 Å². The summed E-state index contributed by atoms with van der Waals surface area (Å²) in [6, 6.07) is 17.7. The minimum absolute atomic E-state index is 0.170. The first-order valence-corrected chi connectivity index (χ1v) is 10.5. The Balaban J connectivity index is 1.50. The predicted molar refractivity (Wildman–Crippen MR) is 118 cm³/mol. The second-order valence-corrected chi connectivity index (χ2v) is 8.21. The van der Waals surface area contributed by atoms with E-state index in [0.29, 0.717) is 23.6 Å². The van der Waals surface area contributed by atoms with Crippen molar-refractivity contribution in [1.82, 2.24) is 24.2 Å². The molecule has 0 unspecified atom stereocenters. The number of nitrogens with zero attached hydrogens (tertiary/aromatic N) is 5. The van der Waals surface area contributed by atoms with Gasteiger partial charge in [-0.25, -0.2) is 14.1 Å². The number of hydrogen-bond acceptors (Lipinski definition) is 4. The molecule has 0 spiro atoms. The van der Waals surface area contributed by atoms with Crippen LogP contribution in [0.15, 0.2) is 79.3 Å². The van der Waals surface area contributed by atoms with E-state index in [1.807, 2.05) is 53.4 Å². The predicted octanol–water partition coefficient (Wildman–Crippen LogP) is 4.68. The van der Waals surface area contributed by atoms with E-state index in [1.165, 1.54) is 12.1 Å². The van der Waals surface area contributed by atoms with Gasteiger partial charge in [-0.15, -0.1) is 11.3 Å². The molecule has 3 aromatic heterocycles. The largest absolute Gasteiger partial charge is 0.335 e. The number of fused-ring (bicyclic) bond motifs is 1. The van der Waals surface area contributed by atoms with Gasteiger partial charge in [0.25, 0.3) is 5.91 Å². The molecule has 5 aromatic rings. The summed E-state index contributed by atoms with van der Waals surface area (Å²) < 4.78 is 18.0. The van der Waals surface area contributed by atoms with Gasteiger partial charge in [0.15, 0.2) is 5.82 Å². The lowest BCUT2D eigenvalue weighted by Crippen LogP contribution is -2.27. The van der Waals surface area contributed by atoms with Gasteiger partial charge in [0, 0.05) is 19.4 Å². The highest BCUT2D eigenvalue weighted by Crippen LogP contribution is 2.25. The van der Waals surface area contributed by atoms with Crippen molar-refractivity contribution in [2.75, 3.05) is 7.05 Å². The van der Waals surface area contributed by atoms with E-state index >= 15 is 0 Å². The number of carbonyl (C=O) groups excluding carboxylic acids is 1. The summed E-state index contributed by atoms with van der Waals surface area (Å²) in [5.41, 5.74) is 2.04. The molecule has 0 aliphatic rings. The summed E-state index contributed by atoms with van der Waals surface area (Å²) in [6.07, 6.45) is 5.25. The Bertz CT molecular complexity index is 1320. The number of thiazole rings is 1. The molecule has 154 valence electrons. The van der Waals surface area contributed by atoms with Crippen LogP contribution in [0.2, 0.25) is 0 Å². The Morgan fingerprint density at radius 1 is 1.06 bits per heavy atom. The van der Waals surface area contributed by atoms with Crippen LogP contribution in [0.1, 0.15) is 15.4 Å². The van der Waals surface area contributed by atoms with Crippen LogP contribution < -0.4 is 0 Å². The van der Waals surface area contributed by atoms with Crippen LogP contribution in [0, 0.1) is 5.82 Å². The van der Waals surface area contributed by atoms with Gasteiger partial charge in [-0.05, 0) is 48.5 Å². The molecule has 6 nitrogen and oxygen atoms in total. The van der Waals surface area contributed by atoms with Crippen LogP contribution in [0.3, 0.4) is 0 Å². The first-order chi connectivity index (χ1) is 15.1. The Hall–Kier alpha value is -3.78. The van der Waals surface area contributed by atoms with Gasteiger partial charge in [-0.3, -0.25) is 4.79 Å². The molecule has 0 saturated heterocycles. The molecule has 0 N–H and O–H groups in total. The molecule has 0 radical (unpaired) electrons. The number of para-hydroxylation sites is 1. The van der Waals surface area contributed by atoms with E-state index in [-0.39, 0.29) is 11.7 Å². The van der Waals surface area contributed by atoms with Gasteiger partial charge < -0.3 is 9.47 Å². The summed E-state index contributed by atoms with van der Waals surface area (Å²) in [6.45, 7) is 0.394. The lowest BCUT2D eigenvalue weighted by molar-refractivity contribution is 0.0785. The zero-order chi connectivity index (χ0) is 21.4. The Labute approximate surface area is 181 Å². The number of carbonyl (C=O) groups is 1. The molecule has 1 amide bonds. The third kappa shape index (κ3) is 3.62. The topological polar surface area (TPSA) is 56.0 Å². The Morgan fingerprint density at radius 3 is 2.55 bits per heavy atom. The van der Waals surface area contributed by atoms with Crippen LogP contribution in [0.5, 0.6) is 0 Å². The Kier molecular flexibility index (Phi) is 4.83. The average molecular weight is 431 g/mol. The fourth-order valence-corrected chi connectivity index (χ4v) is 4.48. The Morgan fingerprint density at radius 2 is 1.81 bits per heavy atom. The normalized spacial score (nSPS) is 11.2. The van der Waals surface area contributed by atoms with E-state index in [2.05, 4.69) is 10.1 Å². The highest BCUT2D eigenvalue weighted by molar-refractivity contribution is 7.18. The maximum Gasteiger partial charge on any atom is 0.259 e. The minimum Gasteiger partial charge on any atom is -0.335 e. The van der Waals surface area contributed by atoms with Gasteiger partial charge in [0.1, 0.15) is 16.4 Å². The summed E-state index contributed by atoms with van der Waals surface area (Å²) in [4.78, 5) is 19.6. The fraction of sp³-hybridized carbons (Fsp3) is 0.0870. The quantitative estimate of drug-likeness (QED) is 0.406. The van der Waals surface area contributed by atoms with Crippen molar-refractivity contribution in [3.05, 3.63) is 95.6 Å². The SMILES string of the molecule is CN(Cc1nc2ccccc2s1)C(=O)c1cnn(-c2ccc(F)cc2)c1-n1cccc1. The molecule has 2 aromatic carbocycles. The van der Waals surface area contributed by atoms with Gasteiger partial charge in [-0.2, -0.15) is 5.10 Å². The van der Waals surface area contributed by atoms with Gasteiger partial charge >= 0.3 is 0 Å². The number of amides is 1. The summed E-state index contributed by atoms with van der Waals surface area (Å²) in [5.74, 6) is 0.0966. The van der Waals surface area contributed by atoms with Gasteiger partial charge in [0.05, 0.1) is 28.6 Å². The molecule has 31 heavy (non-hydrogen) atoms. The number of benzene rings is 2. The third-order valence-corrected chi connectivity index (χ3v) is 5.97. The van der Waals surface area contributed by atoms with Crippen LogP contribution in [-0.4, -0.2) is 37.2 Å². The van der Waals surface area contributed by atoms with Crippen LogP contribution in [-0.2, 0) is 6.54 Å². The lowest BCUT2D eigenvalue weighted by atomic mass is 10.2. The van der Waals surface area contributed by atoms with Crippen LogP contribution >= 0.6 is 11.3 Å². The van der Waals surface area contributed by atoms with Crippen molar-refractivity contribution in [2.24, 2.45) is 0 Å². The maximum absolute atomic E-state index is 13.4. The van der Waals surface area contributed by atoms with E-state index < -0.39 is 0 Å². The second kappa shape index (κ2) is 7.81. The number of halogens is 1. The third-order valence-electron chi connectivity index (χ3n) is 4.95. The first kappa shape index (κ1) is 19.2. The molecule has 0 aliphatic carbocycles. The monoisotopic (exact) mass is 431 g/mol. The molecule has 0 atom stereocenters. The first-order valence-electron chi connectivity index (χ1n) is 9.67.